The zero-order valence-corrected chi connectivity index (χ0v) is 11.9. The second kappa shape index (κ2) is 6.70. The number of hydrogen-bond donors (Lipinski definition) is 3. The molecule has 0 bridgehead atoms. The third-order valence-corrected chi connectivity index (χ3v) is 3.96. The van der Waals surface area contributed by atoms with E-state index in [9.17, 15) is 4.79 Å². The standard InChI is InChI=1S/C10H18N4OS2/c1-6(5-16-3)4-13-10-7(9(15)12-2)8(11)14-17-10/h6,13H,4-5H2,1-3H3,(H2,11,14)(H,12,15). The van der Waals surface area contributed by atoms with Gasteiger partial charge in [0.05, 0.1) is 0 Å². The summed E-state index contributed by atoms with van der Waals surface area (Å²) in [5.41, 5.74) is 6.13. The molecule has 1 rings (SSSR count). The van der Waals surface area contributed by atoms with E-state index >= 15 is 0 Å². The largest absolute Gasteiger partial charge is 0.382 e. The number of nitrogens with one attached hydrogen (secondary N) is 2. The summed E-state index contributed by atoms with van der Waals surface area (Å²) in [6, 6.07) is 0. The fraction of sp³-hybridized carbons (Fsp3) is 0.600. The smallest absolute Gasteiger partial charge is 0.257 e. The summed E-state index contributed by atoms with van der Waals surface area (Å²) in [4.78, 5) is 11.6. The van der Waals surface area contributed by atoms with Crippen LogP contribution in [0.2, 0.25) is 0 Å². The lowest BCUT2D eigenvalue weighted by atomic mass is 10.2. The van der Waals surface area contributed by atoms with Crippen LogP contribution >= 0.6 is 23.3 Å². The molecule has 0 spiro atoms. The van der Waals surface area contributed by atoms with Crippen LogP contribution < -0.4 is 16.4 Å². The van der Waals surface area contributed by atoms with E-state index in [0.29, 0.717) is 11.5 Å². The highest BCUT2D eigenvalue weighted by atomic mass is 32.2. The number of hydrogen-bond acceptors (Lipinski definition) is 6. The SMILES string of the molecule is CNC(=O)c1c(N)nsc1NCC(C)CSC. The molecule has 5 nitrogen and oxygen atoms in total. The number of nitrogens with two attached hydrogens (primary N) is 1. The van der Waals surface area contributed by atoms with Gasteiger partial charge in [-0.2, -0.15) is 16.1 Å². The zero-order valence-electron chi connectivity index (χ0n) is 10.2. The summed E-state index contributed by atoms with van der Waals surface area (Å²) in [7, 11) is 1.58. The predicted octanol–water partition coefficient (Wildman–Crippen LogP) is 1.50. The second-order valence-electron chi connectivity index (χ2n) is 3.79. The zero-order chi connectivity index (χ0) is 12.8. The molecule has 7 heteroatoms. The number of amides is 1. The molecule has 1 aromatic rings. The molecule has 0 aliphatic carbocycles. The molecule has 96 valence electrons. The summed E-state index contributed by atoms with van der Waals surface area (Å²) in [5, 5.41) is 6.55. The fourth-order valence-electron chi connectivity index (χ4n) is 1.38. The lowest BCUT2D eigenvalue weighted by Crippen LogP contribution is -2.21. The van der Waals surface area contributed by atoms with Gasteiger partial charge in [0, 0.05) is 13.6 Å². The maximum atomic E-state index is 11.6. The molecule has 0 radical (unpaired) electrons. The molecule has 1 heterocycles. The quantitative estimate of drug-likeness (QED) is 0.732. The van der Waals surface area contributed by atoms with Crippen molar-refractivity contribution in [3.05, 3.63) is 5.56 Å². The lowest BCUT2D eigenvalue weighted by molar-refractivity contribution is 0.0965. The van der Waals surface area contributed by atoms with Crippen LogP contribution in [0.5, 0.6) is 0 Å². The second-order valence-corrected chi connectivity index (χ2v) is 5.48. The van der Waals surface area contributed by atoms with Gasteiger partial charge in [-0.05, 0) is 29.5 Å². The highest BCUT2D eigenvalue weighted by molar-refractivity contribution is 7.98. The Morgan fingerprint density at radius 2 is 2.35 bits per heavy atom. The van der Waals surface area contributed by atoms with Crippen molar-refractivity contribution in [1.82, 2.24) is 9.69 Å². The van der Waals surface area contributed by atoms with Gasteiger partial charge >= 0.3 is 0 Å². The van der Waals surface area contributed by atoms with Gasteiger partial charge in [-0.25, -0.2) is 0 Å². The van der Waals surface area contributed by atoms with Crippen LogP contribution in [0.1, 0.15) is 17.3 Å². The molecule has 4 N–H and O–H groups in total. The molecule has 0 saturated carbocycles. The van der Waals surface area contributed by atoms with Crippen molar-refractivity contribution in [3.63, 3.8) is 0 Å². The minimum absolute atomic E-state index is 0.198. The van der Waals surface area contributed by atoms with Crippen molar-refractivity contribution in [2.75, 3.05) is 36.7 Å². The van der Waals surface area contributed by atoms with Crippen LogP contribution in [-0.4, -0.2) is 35.9 Å². The predicted molar refractivity (Wildman–Crippen MR) is 76.0 cm³/mol. The number of thioether (sulfide) groups is 1. The lowest BCUT2D eigenvalue weighted by Gasteiger charge is -2.11. The molecule has 0 aromatic carbocycles. The van der Waals surface area contributed by atoms with Crippen molar-refractivity contribution < 1.29 is 4.79 Å². The molecular weight excluding hydrogens is 256 g/mol. The number of carbonyl (C=O) groups is 1. The average Bonchev–Trinajstić information content (AvgIpc) is 2.67. The summed E-state index contributed by atoms with van der Waals surface area (Å²) in [6.45, 7) is 2.97. The Morgan fingerprint density at radius 1 is 1.65 bits per heavy atom. The van der Waals surface area contributed by atoms with E-state index in [1.54, 1.807) is 7.05 Å². The van der Waals surface area contributed by atoms with Gasteiger partial charge in [0.25, 0.3) is 5.91 Å². The topological polar surface area (TPSA) is 80.0 Å². The summed E-state index contributed by atoms with van der Waals surface area (Å²) in [5.74, 6) is 1.70. The highest BCUT2D eigenvalue weighted by Gasteiger charge is 2.18. The maximum absolute atomic E-state index is 11.6. The first kappa shape index (κ1) is 14.1. The van der Waals surface area contributed by atoms with Crippen LogP contribution in [0.3, 0.4) is 0 Å². The summed E-state index contributed by atoms with van der Waals surface area (Å²) >= 11 is 3.04. The van der Waals surface area contributed by atoms with E-state index in [1.807, 2.05) is 11.8 Å². The van der Waals surface area contributed by atoms with E-state index in [-0.39, 0.29) is 11.7 Å². The van der Waals surface area contributed by atoms with Crippen LogP contribution in [0.15, 0.2) is 0 Å². The minimum Gasteiger partial charge on any atom is -0.382 e. The number of rotatable bonds is 6. The number of nitrogen functional groups attached to an aromatic ring is 1. The molecule has 0 aliphatic rings. The van der Waals surface area contributed by atoms with E-state index < -0.39 is 0 Å². The molecule has 1 aromatic heterocycles. The number of anilines is 2. The van der Waals surface area contributed by atoms with E-state index in [2.05, 4.69) is 28.2 Å². The summed E-state index contributed by atoms with van der Waals surface area (Å²) < 4.78 is 4.00. The molecule has 1 atom stereocenters. The first-order valence-electron chi connectivity index (χ1n) is 5.30. The van der Waals surface area contributed by atoms with E-state index in [0.717, 1.165) is 17.3 Å². The first-order chi connectivity index (χ1) is 8.10. The highest BCUT2D eigenvalue weighted by Crippen LogP contribution is 2.26. The van der Waals surface area contributed by atoms with Crippen LogP contribution in [0.25, 0.3) is 0 Å². The Morgan fingerprint density at radius 3 is 2.94 bits per heavy atom. The van der Waals surface area contributed by atoms with Crippen molar-refractivity contribution in [3.8, 4) is 0 Å². The molecule has 0 aliphatic heterocycles. The Labute approximate surface area is 110 Å². The van der Waals surface area contributed by atoms with Gasteiger partial charge in [-0.3, -0.25) is 4.79 Å². The first-order valence-corrected chi connectivity index (χ1v) is 7.46. The van der Waals surface area contributed by atoms with Crippen molar-refractivity contribution in [1.29, 1.82) is 0 Å². The van der Waals surface area contributed by atoms with Gasteiger partial charge in [0.1, 0.15) is 10.6 Å². The fourth-order valence-corrected chi connectivity index (χ4v) is 2.78. The maximum Gasteiger partial charge on any atom is 0.257 e. The van der Waals surface area contributed by atoms with Crippen LogP contribution in [0, 0.1) is 5.92 Å². The third-order valence-electron chi connectivity index (χ3n) is 2.23. The normalized spacial score (nSPS) is 12.2. The molecule has 1 amide bonds. The van der Waals surface area contributed by atoms with E-state index in [4.69, 9.17) is 5.73 Å². The van der Waals surface area contributed by atoms with E-state index in [1.165, 1.54) is 11.5 Å². The van der Waals surface area contributed by atoms with Gasteiger partial charge in [-0.1, -0.05) is 6.92 Å². The minimum atomic E-state index is -0.198. The van der Waals surface area contributed by atoms with Crippen molar-refractivity contribution >= 4 is 40.0 Å². The van der Waals surface area contributed by atoms with Crippen LogP contribution in [0.4, 0.5) is 10.8 Å². The van der Waals surface area contributed by atoms with Crippen LogP contribution in [-0.2, 0) is 0 Å². The average molecular weight is 274 g/mol. The number of aromatic nitrogens is 1. The summed E-state index contributed by atoms with van der Waals surface area (Å²) in [6.07, 6.45) is 2.08. The molecular formula is C10H18N4OS2. The van der Waals surface area contributed by atoms with Gasteiger partial charge in [-0.15, -0.1) is 0 Å². The van der Waals surface area contributed by atoms with Crippen molar-refractivity contribution in [2.24, 2.45) is 5.92 Å². The van der Waals surface area contributed by atoms with Gasteiger partial charge in [0.15, 0.2) is 5.82 Å². The number of nitrogens with zero attached hydrogens (tertiary/aromatic N) is 1. The molecule has 0 fully saturated rings. The van der Waals surface area contributed by atoms with Gasteiger partial charge < -0.3 is 16.4 Å². The van der Waals surface area contributed by atoms with Crippen molar-refractivity contribution in [2.45, 2.75) is 6.92 Å². The Balaban J connectivity index is 2.68. The molecule has 1 unspecified atom stereocenters. The molecule has 17 heavy (non-hydrogen) atoms. The Bertz CT molecular complexity index is 380. The third kappa shape index (κ3) is 3.78. The molecule has 0 saturated heterocycles. The Hall–Kier alpha value is -0.950. The van der Waals surface area contributed by atoms with Gasteiger partial charge in [0.2, 0.25) is 0 Å². The number of carbonyl (C=O) groups excluding carboxylic acids is 1. The monoisotopic (exact) mass is 274 g/mol. The Kier molecular flexibility index (Phi) is 5.57.